The fourth-order valence-electron chi connectivity index (χ4n) is 2.35. The third-order valence-electron chi connectivity index (χ3n) is 3.71. The van der Waals surface area contributed by atoms with Gasteiger partial charge in [0.1, 0.15) is 0 Å². The van der Waals surface area contributed by atoms with Crippen LogP contribution in [0.4, 0.5) is 0 Å². The number of halogens is 1. The van der Waals surface area contributed by atoms with Crippen LogP contribution in [0.1, 0.15) is 29.5 Å². The predicted molar refractivity (Wildman–Crippen MR) is 92.8 cm³/mol. The fraction of sp³-hybridized carbons (Fsp3) is 0.263. The number of rotatable bonds is 6. The van der Waals surface area contributed by atoms with Gasteiger partial charge in [-0.2, -0.15) is 0 Å². The number of aromatic hydroxyl groups is 1. The number of methoxy groups -OCH3 is 1. The van der Waals surface area contributed by atoms with Crippen molar-refractivity contribution < 1.29 is 9.84 Å². The Hall–Kier alpha value is -1.93. The van der Waals surface area contributed by atoms with Gasteiger partial charge in [0.05, 0.1) is 7.11 Å². The van der Waals surface area contributed by atoms with Crippen molar-refractivity contribution in [1.29, 1.82) is 0 Å². The maximum absolute atomic E-state index is 9.56. The standard InChI is InChI=1S/C19H21ClO2/c1-14-16(9-6-10-17(14)20)8-5-3-4-7-15-11-12-18(21)19(13-15)22-2/h4,6-7,9-13,21H,3,5,8H2,1-2H3. The van der Waals surface area contributed by atoms with Crippen molar-refractivity contribution in [2.75, 3.05) is 7.11 Å². The van der Waals surface area contributed by atoms with E-state index in [9.17, 15) is 5.11 Å². The van der Waals surface area contributed by atoms with Crippen molar-refractivity contribution in [3.8, 4) is 11.5 Å². The minimum atomic E-state index is 0.163. The largest absolute Gasteiger partial charge is 0.504 e. The summed E-state index contributed by atoms with van der Waals surface area (Å²) in [5.41, 5.74) is 3.51. The topological polar surface area (TPSA) is 29.5 Å². The summed E-state index contributed by atoms with van der Waals surface area (Å²) in [6, 6.07) is 11.4. The highest BCUT2D eigenvalue weighted by Gasteiger charge is 2.02. The van der Waals surface area contributed by atoms with Gasteiger partial charge in [-0.15, -0.1) is 0 Å². The molecule has 22 heavy (non-hydrogen) atoms. The second-order valence-corrected chi connectivity index (χ2v) is 5.66. The number of unbranched alkanes of at least 4 members (excludes halogenated alkanes) is 1. The van der Waals surface area contributed by atoms with Crippen LogP contribution in [-0.2, 0) is 6.42 Å². The average molecular weight is 317 g/mol. The van der Waals surface area contributed by atoms with E-state index in [0.29, 0.717) is 5.75 Å². The Labute approximate surface area is 137 Å². The van der Waals surface area contributed by atoms with Gasteiger partial charge in [0, 0.05) is 5.02 Å². The van der Waals surface area contributed by atoms with Crippen molar-refractivity contribution in [2.24, 2.45) is 0 Å². The van der Waals surface area contributed by atoms with Gasteiger partial charge in [-0.1, -0.05) is 42.0 Å². The maximum atomic E-state index is 9.56. The van der Waals surface area contributed by atoms with Crippen LogP contribution in [0.5, 0.6) is 11.5 Å². The molecule has 0 aliphatic rings. The molecule has 0 aliphatic heterocycles. The summed E-state index contributed by atoms with van der Waals surface area (Å²) in [4.78, 5) is 0. The first-order chi connectivity index (χ1) is 10.6. The lowest BCUT2D eigenvalue weighted by molar-refractivity contribution is 0.373. The molecule has 0 spiro atoms. The van der Waals surface area contributed by atoms with E-state index in [-0.39, 0.29) is 5.75 Å². The number of hydrogen-bond acceptors (Lipinski definition) is 2. The number of hydrogen-bond donors (Lipinski definition) is 1. The predicted octanol–water partition coefficient (Wildman–Crippen LogP) is 5.40. The number of benzene rings is 2. The fourth-order valence-corrected chi connectivity index (χ4v) is 2.54. The molecule has 2 aromatic carbocycles. The van der Waals surface area contributed by atoms with Crippen LogP contribution in [0, 0.1) is 6.92 Å². The lowest BCUT2D eigenvalue weighted by Crippen LogP contribution is -1.90. The summed E-state index contributed by atoms with van der Waals surface area (Å²) >= 11 is 6.13. The molecule has 2 nitrogen and oxygen atoms in total. The van der Waals surface area contributed by atoms with Crippen LogP contribution >= 0.6 is 11.6 Å². The summed E-state index contributed by atoms with van der Waals surface area (Å²) < 4.78 is 5.10. The zero-order valence-corrected chi connectivity index (χ0v) is 13.7. The average Bonchev–Trinajstić information content (AvgIpc) is 2.52. The molecule has 0 aliphatic carbocycles. The van der Waals surface area contributed by atoms with Gasteiger partial charge in [-0.3, -0.25) is 0 Å². The molecular weight excluding hydrogens is 296 g/mol. The van der Waals surface area contributed by atoms with E-state index in [0.717, 1.165) is 29.8 Å². The Morgan fingerprint density at radius 1 is 1.23 bits per heavy atom. The summed E-state index contributed by atoms with van der Waals surface area (Å²) in [5.74, 6) is 0.660. The Kier molecular flexibility index (Phi) is 5.91. The second kappa shape index (κ2) is 7.90. The van der Waals surface area contributed by atoms with Crippen LogP contribution < -0.4 is 4.74 Å². The molecule has 0 fully saturated rings. The van der Waals surface area contributed by atoms with Gasteiger partial charge in [-0.25, -0.2) is 0 Å². The minimum Gasteiger partial charge on any atom is -0.504 e. The molecular formula is C19H21ClO2. The van der Waals surface area contributed by atoms with Gasteiger partial charge >= 0.3 is 0 Å². The lowest BCUT2D eigenvalue weighted by atomic mass is 10.0. The molecule has 2 aromatic rings. The molecule has 2 rings (SSSR count). The van der Waals surface area contributed by atoms with Crippen LogP contribution in [-0.4, -0.2) is 12.2 Å². The zero-order valence-electron chi connectivity index (χ0n) is 13.0. The highest BCUT2D eigenvalue weighted by Crippen LogP contribution is 2.27. The zero-order chi connectivity index (χ0) is 15.9. The van der Waals surface area contributed by atoms with Crippen molar-refractivity contribution in [1.82, 2.24) is 0 Å². The number of aryl methyl sites for hydroxylation is 1. The van der Waals surface area contributed by atoms with E-state index in [1.165, 1.54) is 11.1 Å². The van der Waals surface area contributed by atoms with Crippen molar-refractivity contribution in [3.05, 3.63) is 64.2 Å². The van der Waals surface area contributed by atoms with Crippen LogP contribution in [0.15, 0.2) is 42.5 Å². The Balaban J connectivity index is 1.87. The van der Waals surface area contributed by atoms with Crippen LogP contribution in [0.2, 0.25) is 5.02 Å². The third-order valence-corrected chi connectivity index (χ3v) is 4.12. The number of phenolic OH excluding ortho intramolecular Hbond substituents is 1. The quantitative estimate of drug-likeness (QED) is 0.723. The molecule has 0 amide bonds. The first-order valence-corrected chi connectivity index (χ1v) is 7.77. The third kappa shape index (κ3) is 4.28. The van der Waals surface area contributed by atoms with E-state index < -0.39 is 0 Å². The Morgan fingerprint density at radius 3 is 2.82 bits per heavy atom. The summed E-state index contributed by atoms with van der Waals surface area (Å²) in [6.07, 6.45) is 7.29. The molecule has 0 radical (unpaired) electrons. The van der Waals surface area contributed by atoms with Crippen LogP contribution in [0.3, 0.4) is 0 Å². The normalized spacial score (nSPS) is 11.0. The molecule has 0 heterocycles. The highest BCUT2D eigenvalue weighted by molar-refractivity contribution is 6.31. The lowest BCUT2D eigenvalue weighted by Gasteiger charge is -2.06. The Morgan fingerprint density at radius 2 is 2.05 bits per heavy atom. The second-order valence-electron chi connectivity index (χ2n) is 5.25. The molecule has 116 valence electrons. The van der Waals surface area contributed by atoms with E-state index in [1.807, 2.05) is 30.3 Å². The van der Waals surface area contributed by atoms with E-state index >= 15 is 0 Å². The van der Waals surface area contributed by atoms with Gasteiger partial charge in [-0.05, 0) is 61.1 Å². The first-order valence-electron chi connectivity index (χ1n) is 7.39. The molecule has 0 saturated carbocycles. The maximum Gasteiger partial charge on any atom is 0.161 e. The molecule has 3 heteroatoms. The molecule has 0 bridgehead atoms. The van der Waals surface area contributed by atoms with Crippen LogP contribution in [0.25, 0.3) is 6.08 Å². The number of phenols is 1. The SMILES string of the molecule is COc1cc(C=CCCCc2cccc(Cl)c2C)ccc1O. The summed E-state index contributed by atoms with van der Waals surface area (Å²) in [6.45, 7) is 2.07. The van der Waals surface area contributed by atoms with E-state index in [4.69, 9.17) is 16.3 Å². The minimum absolute atomic E-state index is 0.163. The summed E-state index contributed by atoms with van der Waals surface area (Å²) in [7, 11) is 1.55. The molecule has 0 saturated heterocycles. The van der Waals surface area contributed by atoms with Gasteiger partial charge in [0.2, 0.25) is 0 Å². The summed E-state index contributed by atoms with van der Waals surface area (Å²) in [5, 5.41) is 10.4. The molecule has 0 unspecified atom stereocenters. The van der Waals surface area contributed by atoms with Crippen molar-refractivity contribution in [2.45, 2.75) is 26.2 Å². The number of allylic oxidation sites excluding steroid dienone is 1. The van der Waals surface area contributed by atoms with Crippen molar-refractivity contribution >= 4 is 17.7 Å². The van der Waals surface area contributed by atoms with Gasteiger partial charge in [0.15, 0.2) is 11.5 Å². The highest BCUT2D eigenvalue weighted by atomic mass is 35.5. The van der Waals surface area contributed by atoms with Crippen molar-refractivity contribution in [3.63, 3.8) is 0 Å². The monoisotopic (exact) mass is 316 g/mol. The van der Waals surface area contributed by atoms with E-state index in [2.05, 4.69) is 19.1 Å². The van der Waals surface area contributed by atoms with Gasteiger partial charge < -0.3 is 9.84 Å². The molecule has 0 aromatic heterocycles. The Bertz CT molecular complexity index is 662. The molecule has 1 N–H and O–H groups in total. The first kappa shape index (κ1) is 16.4. The van der Waals surface area contributed by atoms with Gasteiger partial charge in [0.25, 0.3) is 0 Å². The number of ether oxygens (including phenoxy) is 1. The van der Waals surface area contributed by atoms with E-state index in [1.54, 1.807) is 13.2 Å². The molecule has 0 atom stereocenters. The smallest absolute Gasteiger partial charge is 0.161 e.